The van der Waals surface area contributed by atoms with Gasteiger partial charge in [-0.05, 0) is 31.9 Å². The molecule has 6 nitrogen and oxygen atoms in total. The number of carboxylic acids is 1. The SMILES string of the molecule is Cc1ccc(Nc2cc(N3CCC[C@@H](C(=O)O)C3)ncn2)cc1. The van der Waals surface area contributed by atoms with Crippen LogP contribution in [0.3, 0.4) is 0 Å². The minimum absolute atomic E-state index is 0.327. The second-order valence-electron chi connectivity index (χ2n) is 5.88. The van der Waals surface area contributed by atoms with Gasteiger partial charge in [0.05, 0.1) is 5.92 Å². The molecule has 0 bridgehead atoms. The van der Waals surface area contributed by atoms with E-state index in [2.05, 4.69) is 15.3 Å². The molecule has 6 heteroatoms. The molecule has 3 rings (SSSR count). The Kier molecular flexibility index (Phi) is 4.41. The van der Waals surface area contributed by atoms with Crippen LogP contribution in [0.25, 0.3) is 0 Å². The third kappa shape index (κ3) is 3.77. The lowest BCUT2D eigenvalue weighted by Gasteiger charge is -2.31. The molecule has 1 fully saturated rings. The summed E-state index contributed by atoms with van der Waals surface area (Å²) < 4.78 is 0. The molecule has 1 aliphatic heterocycles. The molecule has 2 heterocycles. The minimum atomic E-state index is -0.734. The van der Waals surface area contributed by atoms with E-state index in [-0.39, 0.29) is 5.92 Å². The first kappa shape index (κ1) is 15.3. The second-order valence-corrected chi connectivity index (χ2v) is 5.88. The number of aryl methyl sites for hydroxylation is 1. The average molecular weight is 312 g/mol. The fourth-order valence-electron chi connectivity index (χ4n) is 2.76. The Morgan fingerprint density at radius 3 is 2.83 bits per heavy atom. The molecule has 2 N–H and O–H groups in total. The summed E-state index contributed by atoms with van der Waals surface area (Å²) in [5, 5.41) is 12.5. The number of nitrogens with zero attached hydrogens (tertiary/aromatic N) is 3. The van der Waals surface area contributed by atoms with Gasteiger partial charge in [0.15, 0.2) is 0 Å². The van der Waals surface area contributed by atoms with Crippen LogP contribution in [0.15, 0.2) is 36.7 Å². The van der Waals surface area contributed by atoms with Crippen molar-refractivity contribution in [2.24, 2.45) is 5.92 Å². The normalized spacial score (nSPS) is 17.8. The first-order valence-electron chi connectivity index (χ1n) is 7.75. The largest absolute Gasteiger partial charge is 0.481 e. The Morgan fingerprint density at radius 1 is 1.30 bits per heavy atom. The smallest absolute Gasteiger partial charge is 0.308 e. The Labute approximate surface area is 135 Å². The molecule has 2 aromatic rings. The van der Waals surface area contributed by atoms with E-state index in [1.54, 1.807) is 0 Å². The summed E-state index contributed by atoms with van der Waals surface area (Å²) in [4.78, 5) is 21.7. The number of rotatable bonds is 4. The van der Waals surface area contributed by atoms with Gasteiger partial charge in [0.25, 0.3) is 0 Å². The molecule has 0 radical (unpaired) electrons. The van der Waals surface area contributed by atoms with Crippen LogP contribution in [0.5, 0.6) is 0 Å². The molecule has 0 aliphatic carbocycles. The predicted molar refractivity (Wildman–Crippen MR) is 89.1 cm³/mol. The fourth-order valence-corrected chi connectivity index (χ4v) is 2.76. The number of piperidine rings is 1. The van der Waals surface area contributed by atoms with E-state index in [1.165, 1.54) is 11.9 Å². The van der Waals surface area contributed by atoms with Gasteiger partial charge in [-0.3, -0.25) is 4.79 Å². The molecule has 1 aromatic carbocycles. The minimum Gasteiger partial charge on any atom is -0.481 e. The van der Waals surface area contributed by atoms with Gasteiger partial charge < -0.3 is 15.3 Å². The predicted octanol–water partition coefficient (Wildman–Crippen LogP) is 2.83. The molecule has 23 heavy (non-hydrogen) atoms. The third-order valence-corrected chi connectivity index (χ3v) is 4.07. The maximum absolute atomic E-state index is 11.2. The summed E-state index contributed by atoms with van der Waals surface area (Å²) in [5.41, 5.74) is 2.16. The molecule has 1 aliphatic rings. The van der Waals surface area contributed by atoms with E-state index in [9.17, 15) is 9.90 Å². The van der Waals surface area contributed by atoms with Gasteiger partial charge in [0, 0.05) is 24.8 Å². The summed E-state index contributed by atoms with van der Waals surface area (Å²) in [5.74, 6) is 0.408. The Balaban J connectivity index is 1.74. The number of nitrogens with one attached hydrogen (secondary N) is 1. The topological polar surface area (TPSA) is 78.4 Å². The third-order valence-electron chi connectivity index (χ3n) is 4.07. The van der Waals surface area contributed by atoms with Crippen LogP contribution in [0, 0.1) is 12.8 Å². The van der Waals surface area contributed by atoms with E-state index < -0.39 is 5.97 Å². The average Bonchev–Trinajstić information content (AvgIpc) is 2.57. The maximum Gasteiger partial charge on any atom is 0.308 e. The van der Waals surface area contributed by atoms with Crippen molar-refractivity contribution >= 4 is 23.3 Å². The van der Waals surface area contributed by atoms with Crippen LogP contribution in [0.2, 0.25) is 0 Å². The van der Waals surface area contributed by atoms with Gasteiger partial charge in [0.2, 0.25) is 0 Å². The van der Waals surface area contributed by atoms with Crippen molar-refractivity contribution in [3.8, 4) is 0 Å². The van der Waals surface area contributed by atoms with Crippen LogP contribution in [0.1, 0.15) is 18.4 Å². The van der Waals surface area contributed by atoms with Gasteiger partial charge >= 0.3 is 5.97 Å². The Bertz CT molecular complexity index is 687. The van der Waals surface area contributed by atoms with E-state index in [0.717, 1.165) is 30.9 Å². The molecular weight excluding hydrogens is 292 g/mol. The van der Waals surface area contributed by atoms with E-state index in [1.807, 2.05) is 42.2 Å². The summed E-state index contributed by atoms with van der Waals surface area (Å²) >= 11 is 0. The monoisotopic (exact) mass is 312 g/mol. The summed E-state index contributed by atoms with van der Waals surface area (Å²) in [7, 11) is 0. The highest BCUT2D eigenvalue weighted by atomic mass is 16.4. The molecule has 1 atom stereocenters. The van der Waals surface area contributed by atoms with Crippen molar-refractivity contribution < 1.29 is 9.90 Å². The van der Waals surface area contributed by atoms with Crippen LogP contribution in [-0.4, -0.2) is 34.1 Å². The lowest BCUT2D eigenvalue weighted by atomic mass is 9.98. The number of hydrogen-bond donors (Lipinski definition) is 2. The molecule has 0 spiro atoms. The molecule has 0 saturated carbocycles. The lowest BCUT2D eigenvalue weighted by Crippen LogP contribution is -2.39. The number of anilines is 3. The van der Waals surface area contributed by atoms with Gasteiger partial charge in [-0.1, -0.05) is 17.7 Å². The van der Waals surface area contributed by atoms with Crippen LogP contribution in [-0.2, 0) is 4.79 Å². The molecule has 120 valence electrons. The first-order chi connectivity index (χ1) is 11.1. The van der Waals surface area contributed by atoms with Gasteiger partial charge in [-0.2, -0.15) is 0 Å². The van der Waals surface area contributed by atoms with Crippen molar-refractivity contribution in [3.05, 3.63) is 42.2 Å². The van der Waals surface area contributed by atoms with Crippen LogP contribution >= 0.6 is 0 Å². The standard InChI is InChI=1S/C17H20N4O2/c1-12-4-6-14(7-5-12)20-15-9-16(19-11-18-15)21-8-2-3-13(10-21)17(22)23/h4-7,9,11,13H,2-3,8,10H2,1H3,(H,22,23)(H,18,19,20)/t13-/m1/s1. The quantitative estimate of drug-likeness (QED) is 0.904. The highest BCUT2D eigenvalue weighted by Gasteiger charge is 2.26. The lowest BCUT2D eigenvalue weighted by molar-refractivity contribution is -0.141. The molecule has 0 unspecified atom stereocenters. The molecule has 0 amide bonds. The number of aliphatic carboxylic acids is 1. The van der Waals surface area contributed by atoms with E-state index in [4.69, 9.17) is 0 Å². The zero-order valence-corrected chi connectivity index (χ0v) is 13.1. The number of hydrogen-bond acceptors (Lipinski definition) is 5. The summed E-state index contributed by atoms with van der Waals surface area (Å²) in [6.07, 6.45) is 3.10. The van der Waals surface area contributed by atoms with E-state index in [0.29, 0.717) is 12.4 Å². The van der Waals surface area contributed by atoms with Crippen molar-refractivity contribution in [1.82, 2.24) is 9.97 Å². The number of benzene rings is 1. The van der Waals surface area contributed by atoms with Crippen LogP contribution < -0.4 is 10.2 Å². The number of carbonyl (C=O) groups is 1. The molecule has 1 saturated heterocycles. The highest BCUT2D eigenvalue weighted by molar-refractivity contribution is 5.71. The van der Waals surface area contributed by atoms with E-state index >= 15 is 0 Å². The zero-order chi connectivity index (χ0) is 16.2. The number of carboxylic acid groups (broad SMARTS) is 1. The van der Waals surface area contributed by atoms with Crippen LogP contribution in [0.4, 0.5) is 17.3 Å². The highest BCUT2D eigenvalue weighted by Crippen LogP contribution is 2.24. The summed E-state index contributed by atoms with van der Waals surface area (Å²) in [6, 6.07) is 9.93. The van der Waals surface area contributed by atoms with Crippen molar-refractivity contribution in [2.45, 2.75) is 19.8 Å². The maximum atomic E-state index is 11.2. The number of aromatic nitrogens is 2. The zero-order valence-electron chi connectivity index (χ0n) is 13.1. The van der Waals surface area contributed by atoms with Gasteiger partial charge in [0.1, 0.15) is 18.0 Å². The van der Waals surface area contributed by atoms with Crippen molar-refractivity contribution in [3.63, 3.8) is 0 Å². The van der Waals surface area contributed by atoms with Gasteiger partial charge in [-0.15, -0.1) is 0 Å². The molecule has 1 aromatic heterocycles. The van der Waals surface area contributed by atoms with Gasteiger partial charge in [-0.25, -0.2) is 9.97 Å². The van der Waals surface area contributed by atoms with Crippen molar-refractivity contribution in [1.29, 1.82) is 0 Å². The first-order valence-corrected chi connectivity index (χ1v) is 7.75. The fraction of sp³-hybridized carbons (Fsp3) is 0.353. The Morgan fingerprint density at radius 2 is 2.09 bits per heavy atom. The van der Waals surface area contributed by atoms with Crippen molar-refractivity contribution in [2.75, 3.05) is 23.3 Å². The Hall–Kier alpha value is -2.63. The molecular formula is C17H20N4O2. The second kappa shape index (κ2) is 6.64. The summed E-state index contributed by atoms with van der Waals surface area (Å²) in [6.45, 7) is 3.36.